The van der Waals surface area contributed by atoms with E-state index in [4.69, 9.17) is 5.73 Å². The normalized spacial score (nSPS) is 14.2. The molecule has 0 bridgehead atoms. The number of rotatable bonds is 6. The second kappa shape index (κ2) is 6.86. The zero-order valence-corrected chi connectivity index (χ0v) is 12.9. The maximum Gasteiger partial charge on any atom is 0.237 e. The molecule has 20 heavy (non-hydrogen) atoms. The van der Waals surface area contributed by atoms with E-state index in [1.54, 1.807) is 11.3 Å². The first-order valence-corrected chi connectivity index (χ1v) is 7.99. The topological polar surface area (TPSA) is 55.1 Å². The number of thiophene rings is 1. The lowest BCUT2D eigenvalue weighted by molar-refractivity contribution is -0.123. The van der Waals surface area contributed by atoms with E-state index in [2.05, 4.69) is 41.9 Å². The number of nitrogens with one attached hydrogen (secondary N) is 1. The van der Waals surface area contributed by atoms with Gasteiger partial charge in [0.15, 0.2) is 0 Å². The van der Waals surface area contributed by atoms with E-state index in [-0.39, 0.29) is 11.8 Å². The molecular formula is C16H22N2OS. The molecule has 0 spiro atoms. The Labute approximate surface area is 124 Å². The minimum atomic E-state index is -0.404. The van der Waals surface area contributed by atoms with E-state index in [0.29, 0.717) is 6.54 Å². The van der Waals surface area contributed by atoms with Gasteiger partial charge >= 0.3 is 0 Å². The number of amides is 1. The van der Waals surface area contributed by atoms with E-state index in [9.17, 15) is 4.79 Å². The monoisotopic (exact) mass is 290 g/mol. The molecule has 0 saturated heterocycles. The van der Waals surface area contributed by atoms with Crippen molar-refractivity contribution in [1.29, 1.82) is 0 Å². The lowest BCUT2D eigenvalue weighted by Gasteiger charge is -2.17. The standard InChI is InChI=1S/C16H22N2OS/c1-3-11(2)15(17)16(19)18-9-8-12-10-20-14-7-5-4-6-13(12)14/h4-7,10-11,15H,3,8-9,17H2,1-2H3,(H,18,19). The molecule has 1 amide bonds. The van der Waals surface area contributed by atoms with Gasteiger partial charge in [0, 0.05) is 11.2 Å². The van der Waals surface area contributed by atoms with Crippen LogP contribution in [-0.4, -0.2) is 18.5 Å². The summed E-state index contributed by atoms with van der Waals surface area (Å²) >= 11 is 1.75. The quantitative estimate of drug-likeness (QED) is 0.859. The molecule has 1 aromatic carbocycles. The molecule has 0 aliphatic rings. The third kappa shape index (κ3) is 3.38. The van der Waals surface area contributed by atoms with Crippen LogP contribution in [0.1, 0.15) is 25.8 Å². The van der Waals surface area contributed by atoms with Crippen molar-refractivity contribution in [3.8, 4) is 0 Å². The van der Waals surface area contributed by atoms with Crippen LogP contribution in [0.5, 0.6) is 0 Å². The predicted molar refractivity (Wildman–Crippen MR) is 86.0 cm³/mol. The number of fused-ring (bicyclic) bond motifs is 1. The highest BCUT2D eigenvalue weighted by Gasteiger charge is 2.18. The minimum Gasteiger partial charge on any atom is -0.354 e. The van der Waals surface area contributed by atoms with Gasteiger partial charge in [0.25, 0.3) is 0 Å². The summed E-state index contributed by atoms with van der Waals surface area (Å²) < 4.78 is 1.30. The van der Waals surface area contributed by atoms with Gasteiger partial charge in [0.05, 0.1) is 6.04 Å². The summed E-state index contributed by atoms with van der Waals surface area (Å²) in [5.74, 6) is 0.177. The van der Waals surface area contributed by atoms with E-state index in [1.807, 2.05) is 6.92 Å². The molecule has 2 unspecified atom stereocenters. The van der Waals surface area contributed by atoms with Gasteiger partial charge in [-0.15, -0.1) is 11.3 Å². The Bertz CT molecular complexity index is 579. The zero-order valence-electron chi connectivity index (χ0n) is 12.1. The van der Waals surface area contributed by atoms with Crippen LogP contribution < -0.4 is 11.1 Å². The van der Waals surface area contributed by atoms with Crippen LogP contribution in [0.15, 0.2) is 29.6 Å². The van der Waals surface area contributed by atoms with Crippen LogP contribution in [-0.2, 0) is 11.2 Å². The highest BCUT2D eigenvalue weighted by Crippen LogP contribution is 2.25. The van der Waals surface area contributed by atoms with Gasteiger partial charge in [-0.05, 0) is 34.7 Å². The summed E-state index contributed by atoms with van der Waals surface area (Å²) in [4.78, 5) is 11.9. The zero-order chi connectivity index (χ0) is 14.5. The number of nitrogens with two attached hydrogens (primary N) is 1. The average Bonchev–Trinajstić information content (AvgIpc) is 2.89. The third-order valence-corrected chi connectivity index (χ3v) is 4.83. The largest absolute Gasteiger partial charge is 0.354 e. The fourth-order valence-electron chi connectivity index (χ4n) is 2.18. The molecule has 0 aliphatic heterocycles. The van der Waals surface area contributed by atoms with Crippen molar-refractivity contribution in [3.05, 3.63) is 35.2 Å². The van der Waals surface area contributed by atoms with Crippen molar-refractivity contribution in [3.63, 3.8) is 0 Å². The summed E-state index contributed by atoms with van der Waals surface area (Å²) in [6, 6.07) is 7.96. The molecule has 0 fully saturated rings. The van der Waals surface area contributed by atoms with Gasteiger partial charge in [0.2, 0.25) is 5.91 Å². The molecule has 0 radical (unpaired) electrons. The van der Waals surface area contributed by atoms with Gasteiger partial charge in [-0.1, -0.05) is 38.5 Å². The van der Waals surface area contributed by atoms with Crippen LogP contribution in [0.25, 0.3) is 10.1 Å². The first kappa shape index (κ1) is 15.0. The summed E-state index contributed by atoms with van der Waals surface area (Å²) in [5.41, 5.74) is 7.21. The smallest absolute Gasteiger partial charge is 0.237 e. The molecule has 3 nitrogen and oxygen atoms in total. The predicted octanol–water partition coefficient (Wildman–Crippen LogP) is 2.93. The molecule has 4 heteroatoms. The maximum absolute atomic E-state index is 11.9. The van der Waals surface area contributed by atoms with E-state index >= 15 is 0 Å². The van der Waals surface area contributed by atoms with Crippen molar-refractivity contribution < 1.29 is 4.79 Å². The highest BCUT2D eigenvalue weighted by molar-refractivity contribution is 7.17. The molecule has 108 valence electrons. The summed E-state index contributed by atoms with van der Waals surface area (Å²) in [7, 11) is 0. The van der Waals surface area contributed by atoms with Crippen molar-refractivity contribution in [2.45, 2.75) is 32.7 Å². The number of benzene rings is 1. The Morgan fingerprint density at radius 1 is 1.40 bits per heavy atom. The van der Waals surface area contributed by atoms with Crippen molar-refractivity contribution >= 4 is 27.3 Å². The summed E-state index contributed by atoms with van der Waals surface area (Å²) in [6.07, 6.45) is 1.77. The van der Waals surface area contributed by atoms with E-state index in [0.717, 1.165) is 12.8 Å². The first-order valence-electron chi connectivity index (χ1n) is 7.12. The number of carbonyl (C=O) groups excluding carboxylic acids is 1. The molecule has 2 rings (SSSR count). The van der Waals surface area contributed by atoms with E-state index in [1.165, 1.54) is 15.6 Å². The second-order valence-electron chi connectivity index (χ2n) is 5.21. The van der Waals surface area contributed by atoms with Crippen LogP contribution >= 0.6 is 11.3 Å². The molecule has 1 heterocycles. The number of carbonyl (C=O) groups is 1. The lowest BCUT2D eigenvalue weighted by Crippen LogP contribution is -2.45. The number of hydrogen-bond donors (Lipinski definition) is 2. The molecule has 2 aromatic rings. The second-order valence-corrected chi connectivity index (χ2v) is 6.12. The third-order valence-electron chi connectivity index (χ3n) is 3.81. The maximum atomic E-state index is 11.9. The van der Waals surface area contributed by atoms with Gasteiger partial charge in [-0.3, -0.25) is 4.79 Å². The molecule has 1 aromatic heterocycles. The van der Waals surface area contributed by atoms with Crippen LogP contribution in [0, 0.1) is 5.92 Å². The SMILES string of the molecule is CCC(C)C(N)C(=O)NCCc1csc2ccccc12. The van der Waals surface area contributed by atoms with E-state index < -0.39 is 6.04 Å². The Balaban J connectivity index is 1.88. The number of hydrogen-bond acceptors (Lipinski definition) is 3. The van der Waals surface area contributed by atoms with Gasteiger partial charge in [0.1, 0.15) is 0 Å². The average molecular weight is 290 g/mol. The van der Waals surface area contributed by atoms with Crippen LogP contribution in [0.2, 0.25) is 0 Å². The Morgan fingerprint density at radius 2 is 2.15 bits per heavy atom. The minimum absolute atomic E-state index is 0.0427. The van der Waals surface area contributed by atoms with Crippen molar-refractivity contribution in [1.82, 2.24) is 5.32 Å². The molecule has 2 atom stereocenters. The van der Waals surface area contributed by atoms with Gasteiger partial charge in [-0.25, -0.2) is 0 Å². The van der Waals surface area contributed by atoms with Gasteiger partial charge < -0.3 is 11.1 Å². The molecule has 3 N–H and O–H groups in total. The van der Waals surface area contributed by atoms with Crippen molar-refractivity contribution in [2.24, 2.45) is 11.7 Å². The van der Waals surface area contributed by atoms with Crippen LogP contribution in [0.3, 0.4) is 0 Å². The fourth-order valence-corrected chi connectivity index (χ4v) is 3.17. The summed E-state index contributed by atoms with van der Waals surface area (Å²) in [6.45, 7) is 4.70. The highest BCUT2D eigenvalue weighted by atomic mass is 32.1. The van der Waals surface area contributed by atoms with Gasteiger partial charge in [-0.2, -0.15) is 0 Å². The molecule has 0 aliphatic carbocycles. The summed E-state index contributed by atoms with van der Waals surface area (Å²) in [5, 5.41) is 6.40. The molecule has 0 saturated carbocycles. The Kier molecular flexibility index (Phi) is 5.15. The van der Waals surface area contributed by atoms with Crippen molar-refractivity contribution in [2.75, 3.05) is 6.54 Å². The molecular weight excluding hydrogens is 268 g/mol. The Hall–Kier alpha value is -1.39. The Morgan fingerprint density at radius 3 is 2.90 bits per heavy atom. The van der Waals surface area contributed by atoms with Crippen LogP contribution in [0.4, 0.5) is 0 Å². The lowest BCUT2D eigenvalue weighted by atomic mass is 9.99. The first-order chi connectivity index (χ1) is 9.63. The fraction of sp³-hybridized carbons (Fsp3) is 0.438.